The normalized spacial score (nSPS) is 23.0. The molecule has 0 aromatic heterocycles. The van der Waals surface area contributed by atoms with Crippen LogP contribution in [0.3, 0.4) is 0 Å². The van der Waals surface area contributed by atoms with E-state index in [9.17, 15) is 0 Å². The summed E-state index contributed by atoms with van der Waals surface area (Å²) in [7, 11) is 0. The average Bonchev–Trinajstić information content (AvgIpc) is 2.64. The lowest BCUT2D eigenvalue weighted by atomic mass is 9.77. The molecule has 1 aliphatic heterocycles. The van der Waals surface area contributed by atoms with Gasteiger partial charge in [-0.05, 0) is 57.0 Å². The Labute approximate surface area is 134 Å². The van der Waals surface area contributed by atoms with Gasteiger partial charge in [0.2, 0.25) is 0 Å². The molecule has 2 atom stereocenters. The molecule has 1 fully saturated rings. The molecular weight excluding hydrogens is 256 g/mol. The summed E-state index contributed by atoms with van der Waals surface area (Å²) < 4.78 is 0. The fourth-order valence-corrected chi connectivity index (χ4v) is 3.52. The van der Waals surface area contributed by atoms with Crippen molar-refractivity contribution in [2.45, 2.75) is 85.6 Å². The molecule has 21 heavy (non-hydrogen) atoms. The van der Waals surface area contributed by atoms with Crippen LogP contribution in [0.5, 0.6) is 0 Å². The zero-order chi connectivity index (χ0) is 15.7. The van der Waals surface area contributed by atoms with Crippen LogP contribution in [-0.2, 0) is 0 Å². The molecule has 0 amide bonds. The highest BCUT2D eigenvalue weighted by molar-refractivity contribution is 4.79. The van der Waals surface area contributed by atoms with Crippen molar-refractivity contribution < 1.29 is 0 Å². The van der Waals surface area contributed by atoms with E-state index in [4.69, 9.17) is 0 Å². The number of rotatable bonds is 8. The highest BCUT2D eigenvalue weighted by atomic mass is 15.1. The fourth-order valence-electron chi connectivity index (χ4n) is 3.52. The molecule has 0 aromatic carbocycles. The first-order chi connectivity index (χ1) is 9.93. The Morgan fingerprint density at radius 3 is 2.57 bits per heavy atom. The van der Waals surface area contributed by atoms with Crippen molar-refractivity contribution in [3.8, 4) is 0 Å². The van der Waals surface area contributed by atoms with Crippen LogP contribution in [-0.4, -0.2) is 37.1 Å². The molecule has 0 aliphatic carbocycles. The Morgan fingerprint density at radius 1 is 1.14 bits per heavy atom. The molecule has 0 radical (unpaired) electrons. The molecule has 1 heterocycles. The van der Waals surface area contributed by atoms with Gasteiger partial charge in [-0.15, -0.1) is 0 Å². The maximum Gasteiger partial charge on any atom is 0.0107 e. The van der Waals surface area contributed by atoms with E-state index in [0.717, 1.165) is 12.5 Å². The van der Waals surface area contributed by atoms with Crippen molar-refractivity contribution in [2.75, 3.05) is 26.2 Å². The Kier molecular flexibility index (Phi) is 8.89. The fraction of sp³-hybridized carbons (Fsp3) is 1.00. The van der Waals surface area contributed by atoms with E-state index in [1.807, 2.05) is 0 Å². The Hall–Kier alpha value is -0.0800. The summed E-state index contributed by atoms with van der Waals surface area (Å²) in [6.07, 6.45) is 9.60. The lowest BCUT2D eigenvalue weighted by molar-refractivity contribution is 0.207. The van der Waals surface area contributed by atoms with Crippen molar-refractivity contribution in [1.29, 1.82) is 0 Å². The second-order valence-corrected chi connectivity index (χ2v) is 8.19. The second-order valence-electron chi connectivity index (χ2n) is 8.19. The molecule has 1 N–H and O–H groups in total. The third kappa shape index (κ3) is 8.21. The van der Waals surface area contributed by atoms with E-state index in [-0.39, 0.29) is 0 Å². The van der Waals surface area contributed by atoms with E-state index in [2.05, 4.69) is 44.8 Å². The van der Waals surface area contributed by atoms with Crippen molar-refractivity contribution >= 4 is 0 Å². The van der Waals surface area contributed by atoms with E-state index >= 15 is 0 Å². The molecule has 0 saturated carbocycles. The molecule has 1 rings (SSSR count). The zero-order valence-corrected chi connectivity index (χ0v) is 15.4. The molecule has 2 unspecified atom stereocenters. The lowest BCUT2D eigenvalue weighted by Gasteiger charge is -2.29. The summed E-state index contributed by atoms with van der Waals surface area (Å²) >= 11 is 0. The maximum atomic E-state index is 3.71. The highest BCUT2D eigenvalue weighted by Crippen LogP contribution is 2.34. The van der Waals surface area contributed by atoms with Gasteiger partial charge < -0.3 is 10.2 Å². The van der Waals surface area contributed by atoms with Gasteiger partial charge >= 0.3 is 0 Å². The standard InChI is InChI=1S/C19H40N2/c1-6-7-8-10-17(2)20-13-16-21-14-9-11-18(12-15-21)19(3,4)5/h17-18,20H,6-16H2,1-5H3. The van der Waals surface area contributed by atoms with Crippen molar-refractivity contribution in [2.24, 2.45) is 11.3 Å². The minimum atomic E-state index is 0.488. The van der Waals surface area contributed by atoms with Gasteiger partial charge in [-0.2, -0.15) is 0 Å². The van der Waals surface area contributed by atoms with Crippen LogP contribution in [0.1, 0.15) is 79.6 Å². The van der Waals surface area contributed by atoms with Crippen molar-refractivity contribution in [1.82, 2.24) is 10.2 Å². The Bertz CT molecular complexity index is 257. The Morgan fingerprint density at radius 2 is 1.90 bits per heavy atom. The van der Waals surface area contributed by atoms with Crippen LogP contribution in [0, 0.1) is 11.3 Å². The molecule has 1 aliphatic rings. The molecular formula is C19H40N2. The van der Waals surface area contributed by atoms with Crippen molar-refractivity contribution in [3.05, 3.63) is 0 Å². The third-order valence-electron chi connectivity index (χ3n) is 5.21. The SMILES string of the molecule is CCCCCC(C)NCCN1CCCC(C(C)(C)C)CC1. The first-order valence-electron chi connectivity index (χ1n) is 9.39. The number of nitrogens with one attached hydrogen (secondary N) is 1. The van der Waals surface area contributed by atoms with Crippen LogP contribution in [0.2, 0.25) is 0 Å². The van der Waals surface area contributed by atoms with E-state index in [1.54, 1.807) is 0 Å². The summed E-state index contributed by atoms with van der Waals surface area (Å²) in [6.45, 7) is 16.8. The largest absolute Gasteiger partial charge is 0.313 e. The number of likely N-dealkylation sites (tertiary alicyclic amines) is 1. The summed E-state index contributed by atoms with van der Waals surface area (Å²) in [5.74, 6) is 0.906. The number of unbranched alkanes of at least 4 members (excludes halogenated alkanes) is 2. The van der Waals surface area contributed by atoms with E-state index in [0.29, 0.717) is 11.5 Å². The van der Waals surface area contributed by atoms with Crippen LogP contribution in [0.25, 0.3) is 0 Å². The summed E-state index contributed by atoms with van der Waals surface area (Å²) in [5, 5.41) is 3.71. The smallest absolute Gasteiger partial charge is 0.0107 e. The zero-order valence-electron chi connectivity index (χ0n) is 15.4. The van der Waals surface area contributed by atoms with Crippen LogP contribution in [0.15, 0.2) is 0 Å². The maximum absolute atomic E-state index is 3.71. The van der Waals surface area contributed by atoms with Gasteiger partial charge in [-0.25, -0.2) is 0 Å². The molecule has 0 bridgehead atoms. The third-order valence-corrected chi connectivity index (χ3v) is 5.21. The molecule has 1 saturated heterocycles. The molecule has 2 heteroatoms. The van der Waals surface area contributed by atoms with E-state index < -0.39 is 0 Å². The van der Waals surface area contributed by atoms with Gasteiger partial charge in [0.1, 0.15) is 0 Å². The summed E-state index contributed by atoms with van der Waals surface area (Å²) in [5.41, 5.74) is 0.488. The number of nitrogens with zero attached hydrogens (tertiary/aromatic N) is 1. The van der Waals surface area contributed by atoms with Gasteiger partial charge in [0, 0.05) is 19.1 Å². The van der Waals surface area contributed by atoms with Crippen LogP contribution >= 0.6 is 0 Å². The topological polar surface area (TPSA) is 15.3 Å². The predicted molar refractivity (Wildman–Crippen MR) is 94.8 cm³/mol. The average molecular weight is 297 g/mol. The van der Waals surface area contributed by atoms with Gasteiger partial charge in [-0.3, -0.25) is 0 Å². The predicted octanol–water partition coefficient (Wildman–Crippen LogP) is 4.69. The van der Waals surface area contributed by atoms with Gasteiger partial charge in [0.25, 0.3) is 0 Å². The highest BCUT2D eigenvalue weighted by Gasteiger charge is 2.26. The minimum Gasteiger partial charge on any atom is -0.313 e. The first kappa shape index (κ1) is 19.0. The molecule has 126 valence electrons. The number of hydrogen-bond donors (Lipinski definition) is 1. The molecule has 2 nitrogen and oxygen atoms in total. The molecule has 0 aromatic rings. The van der Waals surface area contributed by atoms with Gasteiger partial charge in [0.15, 0.2) is 0 Å². The quantitative estimate of drug-likeness (QED) is 0.654. The second kappa shape index (κ2) is 9.84. The van der Waals surface area contributed by atoms with Crippen LogP contribution in [0.4, 0.5) is 0 Å². The summed E-state index contributed by atoms with van der Waals surface area (Å²) in [4.78, 5) is 2.68. The minimum absolute atomic E-state index is 0.488. The molecule has 0 spiro atoms. The monoisotopic (exact) mass is 296 g/mol. The van der Waals surface area contributed by atoms with Crippen LogP contribution < -0.4 is 5.32 Å². The number of hydrogen-bond acceptors (Lipinski definition) is 2. The van der Waals surface area contributed by atoms with Gasteiger partial charge in [0.05, 0.1) is 0 Å². The van der Waals surface area contributed by atoms with Gasteiger partial charge in [-0.1, -0.05) is 47.0 Å². The first-order valence-corrected chi connectivity index (χ1v) is 9.39. The van der Waals surface area contributed by atoms with E-state index in [1.165, 1.54) is 64.6 Å². The lowest BCUT2D eigenvalue weighted by Crippen LogP contribution is -2.36. The van der Waals surface area contributed by atoms with Crippen molar-refractivity contribution in [3.63, 3.8) is 0 Å². The Balaban J connectivity index is 2.15. The summed E-state index contributed by atoms with van der Waals surface area (Å²) in [6, 6.07) is 0.686.